The highest BCUT2D eigenvalue weighted by molar-refractivity contribution is 7.85. The fourth-order valence-corrected chi connectivity index (χ4v) is 10.7. The maximum atomic E-state index is 15.9. The van der Waals surface area contributed by atoms with Crippen LogP contribution in [0.5, 0.6) is 46.0 Å². The van der Waals surface area contributed by atoms with Crippen LogP contribution in [0.1, 0.15) is 47.0 Å². The van der Waals surface area contributed by atoms with Gasteiger partial charge in [0.1, 0.15) is 46.0 Å². The molecule has 8 aromatic carbocycles. The van der Waals surface area contributed by atoms with Crippen LogP contribution in [0.3, 0.4) is 0 Å². The third-order valence-electron chi connectivity index (χ3n) is 11.3. The minimum absolute atomic E-state index is 0.136. The van der Waals surface area contributed by atoms with Crippen molar-refractivity contribution in [3.63, 3.8) is 0 Å². The summed E-state index contributed by atoms with van der Waals surface area (Å²) in [5.74, 6) is 1.61. The van der Waals surface area contributed by atoms with E-state index in [1.165, 1.54) is 25.2 Å². The van der Waals surface area contributed by atoms with Crippen molar-refractivity contribution < 1.29 is 42.7 Å². The normalized spacial score (nSPS) is 13.1. The van der Waals surface area contributed by atoms with Crippen molar-refractivity contribution in [2.24, 2.45) is 0 Å². The highest BCUT2D eigenvalue weighted by atomic mass is 31.2. The summed E-state index contributed by atoms with van der Waals surface area (Å²) >= 11 is 0. The Kier molecular flexibility index (Phi) is 10.6. The van der Waals surface area contributed by atoms with E-state index in [4.69, 9.17) is 18.9 Å². The summed E-state index contributed by atoms with van der Waals surface area (Å²) in [6.07, 6.45) is 0. The van der Waals surface area contributed by atoms with Gasteiger partial charge in [-0.1, -0.05) is 78.4 Å². The van der Waals surface area contributed by atoms with Crippen molar-refractivity contribution in [2.45, 2.75) is 6.92 Å². The summed E-state index contributed by atoms with van der Waals surface area (Å²) < 4.78 is 40.6. The lowest BCUT2D eigenvalue weighted by Gasteiger charge is -2.23. The molecule has 0 aliphatic carbocycles. The Labute approximate surface area is 379 Å². The second kappa shape index (κ2) is 16.9. The van der Waals surface area contributed by atoms with Gasteiger partial charge in [0.2, 0.25) is 0 Å². The highest BCUT2D eigenvalue weighted by Gasteiger charge is 2.38. The van der Waals surface area contributed by atoms with Crippen molar-refractivity contribution in [3.8, 4) is 46.0 Å². The predicted molar refractivity (Wildman–Crippen MR) is 251 cm³/mol. The Balaban J connectivity index is 0.923. The first-order chi connectivity index (χ1) is 32.0. The lowest BCUT2D eigenvalue weighted by Crippen LogP contribution is -2.29. The molecule has 12 heteroatoms. The second-order valence-electron chi connectivity index (χ2n) is 15.6. The summed E-state index contributed by atoms with van der Waals surface area (Å²) in [4.78, 5) is 55.3. The number of amides is 4. The Morgan fingerprint density at radius 1 is 0.394 bits per heavy atom. The van der Waals surface area contributed by atoms with Gasteiger partial charge in [-0.05, 0) is 122 Å². The minimum Gasteiger partial charge on any atom is -0.457 e. The van der Waals surface area contributed by atoms with E-state index in [1.807, 2.05) is 79.7 Å². The molecule has 2 heterocycles. The Morgan fingerprint density at radius 3 is 1.35 bits per heavy atom. The van der Waals surface area contributed by atoms with E-state index in [0.29, 0.717) is 44.6 Å². The Bertz CT molecular complexity index is 3220. The molecule has 322 valence electrons. The number of ether oxygens (including phenoxy) is 4. The minimum atomic E-state index is -3.71. The number of hydrogen-bond acceptors (Lipinski definition) is 9. The van der Waals surface area contributed by atoms with Gasteiger partial charge in [-0.15, -0.1) is 0 Å². The fourth-order valence-electron chi connectivity index (χ4n) is 7.90. The van der Waals surface area contributed by atoms with E-state index in [9.17, 15) is 19.2 Å². The lowest BCUT2D eigenvalue weighted by molar-refractivity contribution is 0.0692. The first-order valence-electron chi connectivity index (χ1n) is 20.9. The van der Waals surface area contributed by atoms with Crippen molar-refractivity contribution >= 4 is 52.4 Å². The molecule has 0 saturated heterocycles. The molecule has 4 amide bonds. The second-order valence-corrected chi connectivity index (χ2v) is 18.4. The number of carbonyl (C=O) groups excluding carboxylic acids is 4. The monoisotopic (exact) mass is 888 g/mol. The molecule has 0 N–H and O–H groups in total. The molecule has 0 aromatic heterocycles. The van der Waals surface area contributed by atoms with Crippen LogP contribution in [0.4, 0.5) is 5.69 Å². The van der Waals surface area contributed by atoms with E-state index in [2.05, 4.69) is 0 Å². The van der Waals surface area contributed by atoms with Gasteiger partial charge in [-0.2, -0.15) is 0 Å². The van der Waals surface area contributed by atoms with Crippen LogP contribution in [0.15, 0.2) is 188 Å². The molecule has 0 atom stereocenters. The van der Waals surface area contributed by atoms with Gasteiger partial charge < -0.3 is 23.5 Å². The maximum absolute atomic E-state index is 15.9. The van der Waals surface area contributed by atoms with Crippen LogP contribution >= 0.6 is 7.14 Å². The number of carbonyl (C=O) groups is 4. The highest BCUT2D eigenvalue weighted by Crippen LogP contribution is 2.47. The third kappa shape index (κ3) is 7.67. The third-order valence-corrected chi connectivity index (χ3v) is 14.4. The number of aryl methyl sites for hydroxylation is 1. The van der Waals surface area contributed by atoms with Gasteiger partial charge in [0.15, 0.2) is 7.14 Å². The molecule has 66 heavy (non-hydrogen) atoms. The molecule has 8 aromatic rings. The van der Waals surface area contributed by atoms with E-state index in [1.54, 1.807) is 97.1 Å². The lowest BCUT2D eigenvalue weighted by atomic mass is 10.1. The van der Waals surface area contributed by atoms with Crippen LogP contribution in [-0.4, -0.2) is 35.6 Å². The molecular weight excluding hydrogens is 852 g/mol. The summed E-state index contributed by atoms with van der Waals surface area (Å²) in [6, 6.07) is 53.9. The number of imide groups is 2. The van der Waals surface area contributed by atoms with Crippen molar-refractivity contribution in [3.05, 3.63) is 216 Å². The summed E-state index contributed by atoms with van der Waals surface area (Å²) in [5.41, 5.74) is 2.33. The van der Waals surface area contributed by atoms with Crippen LogP contribution in [-0.2, 0) is 4.57 Å². The van der Waals surface area contributed by atoms with Crippen LogP contribution in [0, 0.1) is 6.92 Å². The zero-order chi connectivity index (χ0) is 45.5. The van der Waals surface area contributed by atoms with Gasteiger partial charge in [0, 0.05) is 17.7 Å². The zero-order valence-corrected chi connectivity index (χ0v) is 36.3. The molecule has 0 fully saturated rings. The largest absolute Gasteiger partial charge is 0.457 e. The molecule has 0 spiro atoms. The molecule has 2 aliphatic rings. The number of rotatable bonds is 12. The average Bonchev–Trinajstić information content (AvgIpc) is 3.72. The molecule has 0 radical (unpaired) electrons. The molecule has 0 saturated carbocycles. The fraction of sp³-hybridized carbons (Fsp3) is 0.0370. The van der Waals surface area contributed by atoms with Gasteiger partial charge >= 0.3 is 0 Å². The van der Waals surface area contributed by atoms with E-state index in [0.717, 1.165) is 21.1 Å². The van der Waals surface area contributed by atoms with Gasteiger partial charge in [0.25, 0.3) is 23.6 Å². The van der Waals surface area contributed by atoms with Crippen molar-refractivity contribution in [1.29, 1.82) is 0 Å². The zero-order valence-electron chi connectivity index (χ0n) is 35.4. The topological polar surface area (TPSA) is 129 Å². The SMILES string of the molecule is Cc1ccc(Oc2ccc(Oc3ccc(N4C(=O)c5ccc(Oc6ccc(Oc7ccc8c(c7)C(=O)N(C)C8=O)cc6P(=O)(c6ccccc6)c6ccccc6)cc5C4=O)cc3)cc2)cc1. The Morgan fingerprint density at radius 2 is 0.788 bits per heavy atom. The standard InChI is InChI=1S/C54H37N2O9P/c1-34-13-17-36(18-14-34)62-38-21-23-39(24-22-38)63-37-19-15-35(16-20-37)56-53(59)46-29-26-41(32-48(46)54(56)60)65-49-30-27-42(64-40-25-28-45-47(31-40)52(58)55(2)51(45)57)33-50(49)66(61,43-9-5-3-6-10-43)44-11-7-4-8-12-44/h3-33H,1-2H3. The predicted octanol–water partition coefficient (Wildman–Crippen LogP) is 10.8. The average molecular weight is 889 g/mol. The van der Waals surface area contributed by atoms with Crippen molar-refractivity contribution in [2.75, 3.05) is 11.9 Å². The molecule has 0 unspecified atom stereocenters. The van der Waals surface area contributed by atoms with Crippen LogP contribution in [0.25, 0.3) is 0 Å². The number of hydrogen-bond donors (Lipinski definition) is 0. The number of nitrogens with zero attached hydrogens (tertiary/aromatic N) is 2. The summed E-state index contributed by atoms with van der Waals surface area (Å²) in [6.45, 7) is 2.01. The van der Waals surface area contributed by atoms with E-state index < -0.39 is 30.8 Å². The first kappa shape index (κ1) is 41.5. The van der Waals surface area contributed by atoms with Crippen molar-refractivity contribution in [1.82, 2.24) is 4.90 Å². The van der Waals surface area contributed by atoms with E-state index >= 15 is 4.57 Å². The number of fused-ring (bicyclic) bond motifs is 2. The number of anilines is 1. The van der Waals surface area contributed by atoms with E-state index in [-0.39, 0.29) is 39.5 Å². The van der Waals surface area contributed by atoms with Crippen LogP contribution in [0.2, 0.25) is 0 Å². The molecular formula is C54H37N2O9P. The first-order valence-corrected chi connectivity index (χ1v) is 22.6. The van der Waals surface area contributed by atoms with Gasteiger partial charge in [-0.25, -0.2) is 4.90 Å². The molecule has 0 bridgehead atoms. The molecule has 2 aliphatic heterocycles. The van der Waals surface area contributed by atoms with Gasteiger partial charge in [-0.3, -0.25) is 24.1 Å². The van der Waals surface area contributed by atoms with Gasteiger partial charge in [0.05, 0.1) is 33.2 Å². The molecule has 10 rings (SSSR count). The summed E-state index contributed by atoms with van der Waals surface area (Å²) in [7, 11) is -2.29. The maximum Gasteiger partial charge on any atom is 0.266 e. The quantitative estimate of drug-likeness (QED) is 0.0869. The molecule has 11 nitrogen and oxygen atoms in total. The smallest absolute Gasteiger partial charge is 0.266 e. The number of benzene rings is 8. The van der Waals surface area contributed by atoms with Crippen LogP contribution < -0.4 is 39.8 Å². The summed E-state index contributed by atoms with van der Waals surface area (Å²) in [5, 5.41) is 1.36. The Hall–Kier alpha value is -8.53.